The molecular weight excluding hydrogens is 390 g/mol. The van der Waals surface area contributed by atoms with Crippen molar-refractivity contribution in [3.8, 4) is 0 Å². The van der Waals surface area contributed by atoms with Gasteiger partial charge in [-0.15, -0.1) is 11.3 Å². The van der Waals surface area contributed by atoms with Crippen LogP contribution in [-0.4, -0.2) is 28.6 Å². The first-order valence-electron chi connectivity index (χ1n) is 9.53. The monoisotopic (exact) mass is 411 g/mol. The van der Waals surface area contributed by atoms with E-state index in [2.05, 4.69) is 0 Å². The first-order valence-corrected chi connectivity index (χ1v) is 10.4. The molecule has 1 aliphatic rings. The summed E-state index contributed by atoms with van der Waals surface area (Å²) < 4.78 is 6.46. The second kappa shape index (κ2) is 7.83. The van der Waals surface area contributed by atoms with Crippen LogP contribution in [0.2, 0.25) is 0 Å². The summed E-state index contributed by atoms with van der Waals surface area (Å²) in [6.45, 7) is 0. The third-order valence-electron chi connectivity index (χ3n) is 5.19. The van der Waals surface area contributed by atoms with Crippen LogP contribution in [0.25, 0.3) is 4.83 Å². The number of aromatic nitrogens is 1. The molecule has 0 atom stereocenters. The van der Waals surface area contributed by atoms with Gasteiger partial charge in [0.2, 0.25) is 0 Å². The lowest BCUT2D eigenvalue weighted by atomic mass is 10.0. The highest BCUT2D eigenvalue weighted by molar-refractivity contribution is 7.18. The van der Waals surface area contributed by atoms with E-state index in [-0.39, 0.29) is 17.7 Å². The highest BCUT2D eigenvalue weighted by Crippen LogP contribution is 2.45. The summed E-state index contributed by atoms with van der Waals surface area (Å²) in [6, 6.07) is 11.3. The van der Waals surface area contributed by atoms with Gasteiger partial charge in [-0.05, 0) is 41.9 Å². The number of pyridine rings is 1. The van der Waals surface area contributed by atoms with Gasteiger partial charge in [0.25, 0.3) is 5.56 Å². The Morgan fingerprint density at radius 2 is 1.97 bits per heavy atom. The topological polar surface area (TPSA) is 85.1 Å². The van der Waals surface area contributed by atoms with Crippen LogP contribution in [0.4, 0.5) is 0 Å². The highest BCUT2D eigenvalue weighted by Gasteiger charge is 2.32. The molecule has 1 aliphatic carbocycles. The fraction of sp³-hybridized carbons (Fsp3) is 0.318. The Bertz CT molecular complexity index is 1140. The number of aliphatic carboxylic acids is 1. The van der Waals surface area contributed by atoms with Crippen molar-refractivity contribution in [2.24, 2.45) is 0 Å². The summed E-state index contributed by atoms with van der Waals surface area (Å²) in [5.74, 6) is -1.12. The van der Waals surface area contributed by atoms with Gasteiger partial charge in [0.15, 0.2) is 0 Å². The Hall–Kier alpha value is -2.93. The Balaban J connectivity index is 1.93. The predicted octanol–water partition coefficient (Wildman–Crippen LogP) is 3.63. The molecule has 4 rings (SSSR count). The molecule has 0 saturated heterocycles. The first-order chi connectivity index (χ1) is 14.0. The van der Waals surface area contributed by atoms with E-state index in [4.69, 9.17) is 9.84 Å². The summed E-state index contributed by atoms with van der Waals surface area (Å²) in [7, 11) is 1.31. The molecule has 0 spiro atoms. The van der Waals surface area contributed by atoms with Crippen molar-refractivity contribution in [1.29, 1.82) is 0 Å². The third-order valence-corrected chi connectivity index (χ3v) is 6.37. The second-order valence-electron chi connectivity index (χ2n) is 7.26. The number of hydrogen-bond acceptors (Lipinski definition) is 5. The quantitative estimate of drug-likeness (QED) is 0.600. The van der Waals surface area contributed by atoms with Crippen LogP contribution in [0, 0.1) is 0 Å². The van der Waals surface area contributed by atoms with E-state index >= 15 is 0 Å². The fourth-order valence-electron chi connectivity index (χ4n) is 3.71. The predicted molar refractivity (Wildman–Crippen MR) is 110 cm³/mol. The maximum atomic E-state index is 13.0. The van der Waals surface area contributed by atoms with Crippen LogP contribution in [0.5, 0.6) is 0 Å². The molecule has 1 saturated carbocycles. The zero-order chi connectivity index (χ0) is 20.5. The van der Waals surface area contributed by atoms with Gasteiger partial charge in [0.05, 0.1) is 7.11 Å². The van der Waals surface area contributed by atoms with Crippen molar-refractivity contribution < 1.29 is 19.4 Å². The van der Waals surface area contributed by atoms with E-state index in [0.717, 1.165) is 39.2 Å². The minimum absolute atomic E-state index is 0.0263. The number of aryl methyl sites for hydroxylation is 1. The summed E-state index contributed by atoms with van der Waals surface area (Å²) in [5.41, 5.74) is 2.79. The largest absolute Gasteiger partial charge is 0.481 e. The van der Waals surface area contributed by atoms with Gasteiger partial charge < -0.3 is 9.84 Å². The number of nitrogens with zero attached hydrogens (tertiary/aromatic N) is 1. The van der Waals surface area contributed by atoms with Gasteiger partial charge in [0.1, 0.15) is 10.5 Å². The molecule has 0 radical (unpaired) electrons. The molecule has 1 N–H and O–H groups in total. The number of benzene rings is 1. The lowest BCUT2D eigenvalue weighted by molar-refractivity contribution is -0.136. The zero-order valence-corrected chi connectivity index (χ0v) is 16.8. The van der Waals surface area contributed by atoms with Gasteiger partial charge >= 0.3 is 11.9 Å². The van der Waals surface area contributed by atoms with Crippen LogP contribution >= 0.6 is 11.3 Å². The Labute approximate surface area is 171 Å². The lowest BCUT2D eigenvalue weighted by Gasteiger charge is -2.10. The average Bonchev–Trinajstić information content (AvgIpc) is 3.47. The van der Waals surface area contributed by atoms with E-state index in [1.54, 1.807) is 0 Å². The minimum Gasteiger partial charge on any atom is -0.481 e. The SMILES string of the molecule is COC(=O)c1c(Cc2ccccc2)sc2c(C3CC3)c(CCC(=O)O)cc(=O)n12. The van der Waals surface area contributed by atoms with E-state index in [9.17, 15) is 14.4 Å². The molecule has 1 aromatic carbocycles. The zero-order valence-electron chi connectivity index (χ0n) is 16.0. The summed E-state index contributed by atoms with van der Waals surface area (Å²) in [4.78, 5) is 38.1. The number of ether oxygens (including phenoxy) is 1. The van der Waals surface area contributed by atoms with Crippen LogP contribution in [0.1, 0.15) is 57.2 Å². The molecule has 29 heavy (non-hydrogen) atoms. The number of carboxylic acids is 1. The Morgan fingerprint density at radius 3 is 2.59 bits per heavy atom. The number of carbonyl (C=O) groups is 2. The van der Waals surface area contributed by atoms with Gasteiger partial charge in [-0.3, -0.25) is 14.0 Å². The number of carbonyl (C=O) groups excluding carboxylic acids is 1. The van der Waals surface area contributed by atoms with E-state index in [1.165, 1.54) is 28.9 Å². The fourth-order valence-corrected chi connectivity index (χ4v) is 5.14. The van der Waals surface area contributed by atoms with Crippen LogP contribution in [0.3, 0.4) is 0 Å². The van der Waals surface area contributed by atoms with Crippen molar-refractivity contribution in [1.82, 2.24) is 4.40 Å². The first kappa shape index (κ1) is 19.4. The second-order valence-corrected chi connectivity index (χ2v) is 8.34. The molecule has 0 aliphatic heterocycles. The number of carboxylic acid groups (broad SMARTS) is 1. The number of methoxy groups -OCH3 is 1. The van der Waals surface area contributed by atoms with Crippen molar-refractivity contribution in [2.45, 2.75) is 38.0 Å². The highest BCUT2D eigenvalue weighted by atomic mass is 32.1. The Morgan fingerprint density at radius 1 is 1.24 bits per heavy atom. The normalized spacial score (nSPS) is 13.6. The summed E-state index contributed by atoms with van der Waals surface area (Å²) in [6.07, 6.45) is 2.82. The molecule has 7 heteroatoms. The number of esters is 1. The number of rotatable bonds is 7. The van der Waals surface area contributed by atoms with E-state index in [0.29, 0.717) is 18.8 Å². The average molecular weight is 411 g/mol. The molecule has 3 aromatic rings. The van der Waals surface area contributed by atoms with Gasteiger partial charge in [-0.25, -0.2) is 4.79 Å². The summed E-state index contributed by atoms with van der Waals surface area (Å²) in [5, 5.41) is 9.08. The van der Waals surface area contributed by atoms with Crippen LogP contribution < -0.4 is 5.56 Å². The molecule has 2 heterocycles. The minimum atomic E-state index is -0.891. The summed E-state index contributed by atoms with van der Waals surface area (Å²) >= 11 is 1.43. The molecule has 0 bridgehead atoms. The van der Waals surface area contributed by atoms with Crippen molar-refractivity contribution >= 4 is 28.1 Å². The van der Waals surface area contributed by atoms with E-state index in [1.807, 2.05) is 30.3 Å². The number of thiazole rings is 1. The lowest BCUT2D eigenvalue weighted by Crippen LogP contribution is -2.21. The van der Waals surface area contributed by atoms with Crippen molar-refractivity contribution in [2.75, 3.05) is 7.11 Å². The molecule has 6 nitrogen and oxygen atoms in total. The molecule has 0 unspecified atom stereocenters. The van der Waals surface area contributed by atoms with Crippen LogP contribution in [0.15, 0.2) is 41.2 Å². The van der Waals surface area contributed by atoms with Gasteiger partial charge in [-0.2, -0.15) is 0 Å². The standard InChI is InChI=1S/C22H21NO5S/c1-28-22(27)20-16(11-13-5-3-2-4-6-13)29-21-19(14-7-8-14)15(9-10-18(25)26)12-17(24)23(20)21/h2-6,12,14H,7-11H2,1H3,(H,25,26). The van der Waals surface area contributed by atoms with Gasteiger partial charge in [0, 0.05) is 23.8 Å². The van der Waals surface area contributed by atoms with Crippen molar-refractivity contribution in [3.63, 3.8) is 0 Å². The third kappa shape index (κ3) is 3.82. The van der Waals surface area contributed by atoms with Crippen LogP contribution in [-0.2, 0) is 22.4 Å². The van der Waals surface area contributed by atoms with Crippen molar-refractivity contribution in [3.05, 3.63) is 74.0 Å². The molecule has 0 amide bonds. The maximum absolute atomic E-state index is 13.0. The smallest absolute Gasteiger partial charge is 0.356 e. The molecule has 2 aromatic heterocycles. The molecular formula is C22H21NO5S. The van der Waals surface area contributed by atoms with E-state index < -0.39 is 11.9 Å². The van der Waals surface area contributed by atoms with Gasteiger partial charge in [-0.1, -0.05) is 30.3 Å². The molecule has 150 valence electrons. The number of hydrogen-bond donors (Lipinski definition) is 1. The Kier molecular flexibility index (Phi) is 5.24. The maximum Gasteiger partial charge on any atom is 0.356 e. The molecule has 1 fully saturated rings. The number of fused-ring (bicyclic) bond motifs is 1.